The molecule has 2 aromatic heterocycles. The number of anilines is 1. The zero-order chi connectivity index (χ0) is 17.9. The van der Waals surface area contributed by atoms with Gasteiger partial charge in [-0.05, 0) is 31.2 Å². The topological polar surface area (TPSA) is 75.4 Å². The van der Waals surface area contributed by atoms with E-state index >= 15 is 0 Å². The number of nitrogens with zero attached hydrogens (tertiary/aromatic N) is 5. The average Bonchev–Trinajstić information content (AvgIpc) is 3.19. The quantitative estimate of drug-likeness (QED) is 0.723. The van der Waals surface area contributed by atoms with Gasteiger partial charge in [-0.25, -0.2) is 4.98 Å². The summed E-state index contributed by atoms with van der Waals surface area (Å²) in [6.07, 6.45) is 1.78. The van der Waals surface area contributed by atoms with Crippen LogP contribution in [-0.2, 0) is 0 Å². The minimum absolute atomic E-state index is 0.104. The number of piperazine rings is 1. The van der Waals surface area contributed by atoms with Crippen LogP contribution < -0.4 is 4.90 Å². The Morgan fingerprint density at radius 3 is 2.50 bits per heavy atom. The second kappa shape index (κ2) is 6.95. The van der Waals surface area contributed by atoms with Crippen LogP contribution in [0.2, 0.25) is 0 Å². The van der Waals surface area contributed by atoms with Crippen molar-refractivity contribution >= 4 is 11.7 Å². The number of pyridine rings is 1. The first-order valence-corrected chi connectivity index (χ1v) is 8.57. The van der Waals surface area contributed by atoms with Crippen LogP contribution in [0.15, 0.2) is 53.2 Å². The average molecular weight is 349 g/mol. The lowest BCUT2D eigenvalue weighted by Gasteiger charge is -2.34. The molecule has 1 aromatic carbocycles. The van der Waals surface area contributed by atoms with Gasteiger partial charge in [0.2, 0.25) is 0 Å². The third kappa shape index (κ3) is 3.28. The summed E-state index contributed by atoms with van der Waals surface area (Å²) < 4.78 is 5.26. The first kappa shape index (κ1) is 16.3. The number of carbonyl (C=O) groups is 1. The van der Waals surface area contributed by atoms with Crippen LogP contribution in [0, 0.1) is 6.92 Å². The summed E-state index contributed by atoms with van der Waals surface area (Å²) in [5.41, 5.74) is 1.96. The third-order valence-corrected chi connectivity index (χ3v) is 4.46. The van der Waals surface area contributed by atoms with Gasteiger partial charge in [-0.15, -0.1) is 0 Å². The number of hydrogen-bond acceptors (Lipinski definition) is 6. The Morgan fingerprint density at radius 1 is 1.04 bits per heavy atom. The van der Waals surface area contributed by atoms with Gasteiger partial charge < -0.3 is 14.3 Å². The Bertz CT molecular complexity index is 884. The molecule has 0 N–H and O–H groups in total. The number of aromatic nitrogens is 3. The van der Waals surface area contributed by atoms with Crippen molar-refractivity contribution in [2.24, 2.45) is 0 Å². The van der Waals surface area contributed by atoms with E-state index in [2.05, 4.69) is 20.0 Å². The van der Waals surface area contributed by atoms with Gasteiger partial charge in [0.15, 0.2) is 0 Å². The van der Waals surface area contributed by atoms with Crippen LogP contribution >= 0.6 is 0 Å². The van der Waals surface area contributed by atoms with Crippen molar-refractivity contribution in [3.8, 4) is 11.5 Å². The van der Waals surface area contributed by atoms with E-state index in [0.29, 0.717) is 19.0 Å². The van der Waals surface area contributed by atoms with E-state index < -0.39 is 0 Å². The highest BCUT2D eigenvalue weighted by Crippen LogP contribution is 2.19. The van der Waals surface area contributed by atoms with Crippen LogP contribution in [0.3, 0.4) is 0 Å². The molecule has 7 heteroatoms. The van der Waals surface area contributed by atoms with Crippen LogP contribution in [0.4, 0.5) is 5.82 Å². The molecule has 0 unspecified atom stereocenters. The van der Waals surface area contributed by atoms with Gasteiger partial charge in [0, 0.05) is 37.9 Å². The van der Waals surface area contributed by atoms with Gasteiger partial charge in [-0.1, -0.05) is 28.9 Å². The number of amides is 1. The summed E-state index contributed by atoms with van der Waals surface area (Å²) in [5.74, 6) is 1.20. The Morgan fingerprint density at radius 2 is 1.81 bits per heavy atom. The third-order valence-electron chi connectivity index (χ3n) is 4.46. The molecule has 0 bridgehead atoms. The second-order valence-corrected chi connectivity index (χ2v) is 6.26. The van der Waals surface area contributed by atoms with Gasteiger partial charge in [-0.3, -0.25) is 4.79 Å². The van der Waals surface area contributed by atoms with Crippen LogP contribution in [0.5, 0.6) is 0 Å². The number of aryl methyl sites for hydroxylation is 1. The van der Waals surface area contributed by atoms with Crippen molar-refractivity contribution in [2.45, 2.75) is 6.92 Å². The summed E-state index contributed by atoms with van der Waals surface area (Å²) in [6, 6.07) is 13.6. The van der Waals surface area contributed by atoms with Gasteiger partial charge >= 0.3 is 0 Å². The van der Waals surface area contributed by atoms with E-state index in [9.17, 15) is 4.79 Å². The predicted molar refractivity (Wildman–Crippen MR) is 96.8 cm³/mol. The maximum Gasteiger partial charge on any atom is 0.295 e. The Balaban J connectivity index is 1.42. The Hall–Kier alpha value is -3.22. The summed E-state index contributed by atoms with van der Waals surface area (Å²) >= 11 is 0. The highest BCUT2D eigenvalue weighted by Gasteiger charge is 2.26. The lowest BCUT2D eigenvalue weighted by molar-refractivity contribution is 0.0731. The van der Waals surface area contributed by atoms with Gasteiger partial charge in [0.1, 0.15) is 5.82 Å². The van der Waals surface area contributed by atoms with Gasteiger partial charge in [0.25, 0.3) is 17.6 Å². The standard InChI is InChI=1S/C19H19N5O2/c1-14-5-7-15(8-6-14)18-21-17(22-26-18)19(25)24-12-10-23(11-13-24)16-4-2-3-9-20-16/h2-9H,10-13H2,1H3. The molecule has 1 aliphatic rings. The summed E-state index contributed by atoms with van der Waals surface area (Å²) in [5, 5.41) is 3.86. The summed E-state index contributed by atoms with van der Waals surface area (Å²) in [6.45, 7) is 4.67. The van der Waals surface area contributed by atoms with Gasteiger partial charge in [-0.2, -0.15) is 4.98 Å². The van der Waals surface area contributed by atoms with Crippen molar-refractivity contribution in [2.75, 3.05) is 31.1 Å². The monoisotopic (exact) mass is 349 g/mol. The molecule has 1 saturated heterocycles. The molecule has 26 heavy (non-hydrogen) atoms. The molecule has 0 atom stereocenters. The lowest BCUT2D eigenvalue weighted by atomic mass is 10.1. The molecule has 132 valence electrons. The van der Waals surface area contributed by atoms with Crippen LogP contribution in [-0.4, -0.2) is 52.1 Å². The fraction of sp³-hybridized carbons (Fsp3) is 0.263. The fourth-order valence-corrected chi connectivity index (χ4v) is 2.94. The molecule has 1 aliphatic heterocycles. The summed E-state index contributed by atoms with van der Waals surface area (Å²) in [4.78, 5) is 25.2. The normalized spacial score (nSPS) is 14.5. The Labute approximate surface area is 151 Å². The van der Waals surface area contributed by atoms with E-state index in [1.165, 1.54) is 0 Å². The number of hydrogen-bond donors (Lipinski definition) is 0. The van der Waals surface area contributed by atoms with E-state index in [1.54, 1.807) is 11.1 Å². The lowest BCUT2D eigenvalue weighted by Crippen LogP contribution is -2.49. The van der Waals surface area contributed by atoms with E-state index in [4.69, 9.17) is 4.52 Å². The molecule has 1 fully saturated rings. The minimum atomic E-state index is -0.201. The zero-order valence-electron chi connectivity index (χ0n) is 14.5. The number of benzene rings is 1. The predicted octanol–water partition coefficient (Wildman–Crippen LogP) is 2.40. The molecular formula is C19H19N5O2. The van der Waals surface area contributed by atoms with Gasteiger partial charge in [0.05, 0.1) is 0 Å². The van der Waals surface area contributed by atoms with Crippen molar-refractivity contribution in [3.05, 3.63) is 60.0 Å². The van der Waals surface area contributed by atoms with Crippen molar-refractivity contribution in [1.82, 2.24) is 20.0 Å². The highest BCUT2D eigenvalue weighted by molar-refractivity contribution is 5.90. The fourth-order valence-electron chi connectivity index (χ4n) is 2.94. The molecule has 0 radical (unpaired) electrons. The molecule has 0 aliphatic carbocycles. The zero-order valence-corrected chi connectivity index (χ0v) is 14.5. The molecule has 7 nitrogen and oxygen atoms in total. The first-order valence-electron chi connectivity index (χ1n) is 8.57. The maximum absolute atomic E-state index is 12.6. The minimum Gasteiger partial charge on any atom is -0.353 e. The molecule has 1 amide bonds. The van der Waals surface area contributed by atoms with Crippen molar-refractivity contribution in [1.29, 1.82) is 0 Å². The SMILES string of the molecule is Cc1ccc(-c2nc(C(=O)N3CCN(c4ccccn4)CC3)no2)cc1. The smallest absolute Gasteiger partial charge is 0.295 e. The molecule has 3 aromatic rings. The highest BCUT2D eigenvalue weighted by atomic mass is 16.5. The maximum atomic E-state index is 12.6. The first-order chi connectivity index (χ1) is 12.7. The second-order valence-electron chi connectivity index (χ2n) is 6.26. The van der Waals surface area contributed by atoms with E-state index in [-0.39, 0.29) is 11.7 Å². The van der Waals surface area contributed by atoms with E-state index in [1.807, 2.05) is 49.4 Å². The molecule has 4 rings (SSSR count). The molecular weight excluding hydrogens is 330 g/mol. The van der Waals surface area contributed by atoms with E-state index in [0.717, 1.165) is 30.0 Å². The molecule has 3 heterocycles. The van der Waals surface area contributed by atoms with Crippen molar-refractivity contribution in [3.63, 3.8) is 0 Å². The summed E-state index contributed by atoms with van der Waals surface area (Å²) in [7, 11) is 0. The number of rotatable bonds is 3. The van der Waals surface area contributed by atoms with Crippen LogP contribution in [0.1, 0.15) is 16.2 Å². The van der Waals surface area contributed by atoms with Crippen LogP contribution in [0.25, 0.3) is 11.5 Å². The molecule has 0 spiro atoms. The Kier molecular flexibility index (Phi) is 4.35. The number of carbonyl (C=O) groups excluding carboxylic acids is 1. The van der Waals surface area contributed by atoms with Crippen molar-refractivity contribution < 1.29 is 9.32 Å². The molecule has 0 saturated carbocycles. The largest absolute Gasteiger partial charge is 0.353 e.